The molecule has 1 rings (SSSR count). The molecule has 0 saturated heterocycles. The van der Waals surface area contributed by atoms with Crippen LogP contribution in [0, 0.1) is 0 Å². The molecular formula is C12H16ClN. The molecule has 1 nitrogen and oxygen atoms in total. The molecule has 0 aliphatic carbocycles. The van der Waals surface area contributed by atoms with Gasteiger partial charge in [-0.05, 0) is 37.8 Å². The summed E-state index contributed by atoms with van der Waals surface area (Å²) in [5.74, 6) is 0.748. The lowest BCUT2D eigenvalue weighted by Crippen LogP contribution is -1.85. The monoisotopic (exact) mass is 209 g/mol. The van der Waals surface area contributed by atoms with Crippen molar-refractivity contribution in [2.24, 2.45) is 0 Å². The first kappa shape index (κ1) is 11.3. The average molecular weight is 210 g/mol. The van der Waals surface area contributed by atoms with E-state index in [0.29, 0.717) is 0 Å². The smallest absolute Gasteiger partial charge is 0.0303 e. The predicted molar refractivity (Wildman–Crippen MR) is 61.7 cm³/mol. The largest absolute Gasteiger partial charge is 0.264 e. The number of halogens is 1. The van der Waals surface area contributed by atoms with Gasteiger partial charge in [0.2, 0.25) is 0 Å². The Bertz CT molecular complexity index is 280. The first-order valence-electron chi connectivity index (χ1n) is 4.93. The molecule has 1 aromatic rings. The van der Waals surface area contributed by atoms with Crippen LogP contribution in [0.1, 0.15) is 25.3 Å². The second kappa shape index (κ2) is 6.61. The zero-order chi connectivity index (χ0) is 10.2. The van der Waals surface area contributed by atoms with Crippen LogP contribution in [0.15, 0.2) is 36.2 Å². The van der Waals surface area contributed by atoms with Crippen molar-refractivity contribution in [2.45, 2.75) is 26.2 Å². The van der Waals surface area contributed by atoms with Gasteiger partial charge in [0.1, 0.15) is 0 Å². The summed E-state index contributed by atoms with van der Waals surface area (Å²) in [4.78, 5) is 4.07. The minimum atomic E-state index is 0.748. The molecule has 2 heteroatoms. The topological polar surface area (TPSA) is 12.9 Å². The van der Waals surface area contributed by atoms with Crippen LogP contribution in [0.25, 0.3) is 0 Å². The third-order valence-electron chi connectivity index (χ3n) is 2.11. The molecule has 0 spiro atoms. The first-order valence-corrected chi connectivity index (χ1v) is 5.47. The van der Waals surface area contributed by atoms with E-state index in [9.17, 15) is 0 Å². The summed E-state index contributed by atoms with van der Waals surface area (Å²) in [7, 11) is 0. The summed E-state index contributed by atoms with van der Waals surface area (Å²) in [5.41, 5.74) is 2.67. The number of nitrogens with zero attached hydrogens (tertiary/aromatic N) is 1. The van der Waals surface area contributed by atoms with Crippen molar-refractivity contribution in [3.05, 3.63) is 41.7 Å². The molecule has 0 radical (unpaired) electrons. The van der Waals surface area contributed by atoms with E-state index in [-0.39, 0.29) is 0 Å². The predicted octanol–water partition coefficient (Wildman–Crippen LogP) is 3.59. The second-order valence-electron chi connectivity index (χ2n) is 3.41. The molecule has 0 amide bonds. The molecule has 0 fully saturated rings. The SMILES string of the molecule is C/C(=C\Cc1cccnc1)CCCCl. The number of hydrogen-bond donors (Lipinski definition) is 0. The van der Waals surface area contributed by atoms with E-state index in [2.05, 4.69) is 24.1 Å². The molecule has 0 bridgehead atoms. The summed E-state index contributed by atoms with van der Waals surface area (Å²) in [6.07, 6.45) is 9.10. The van der Waals surface area contributed by atoms with Gasteiger partial charge in [0.15, 0.2) is 0 Å². The van der Waals surface area contributed by atoms with Gasteiger partial charge in [-0.25, -0.2) is 0 Å². The Hall–Kier alpha value is -0.820. The van der Waals surface area contributed by atoms with E-state index in [1.54, 1.807) is 6.20 Å². The quantitative estimate of drug-likeness (QED) is 0.534. The Labute approximate surface area is 90.8 Å². The van der Waals surface area contributed by atoms with Crippen molar-refractivity contribution in [1.29, 1.82) is 0 Å². The van der Waals surface area contributed by atoms with E-state index in [0.717, 1.165) is 25.1 Å². The molecular weight excluding hydrogens is 194 g/mol. The van der Waals surface area contributed by atoms with Crippen LogP contribution in [0.4, 0.5) is 0 Å². The minimum Gasteiger partial charge on any atom is -0.264 e. The van der Waals surface area contributed by atoms with Gasteiger partial charge in [-0.1, -0.05) is 17.7 Å². The Morgan fingerprint density at radius 2 is 2.43 bits per heavy atom. The standard InChI is InChI=1S/C12H16ClN/c1-11(4-2-8-13)6-7-12-5-3-9-14-10-12/h3,5-6,9-10H,2,4,7-8H2,1H3/b11-6+. The number of allylic oxidation sites excluding steroid dienone is 2. The number of hydrogen-bond acceptors (Lipinski definition) is 1. The fourth-order valence-corrected chi connectivity index (χ4v) is 1.39. The summed E-state index contributed by atoms with van der Waals surface area (Å²) < 4.78 is 0. The average Bonchev–Trinajstić information content (AvgIpc) is 2.25. The third kappa shape index (κ3) is 4.43. The fourth-order valence-electron chi connectivity index (χ4n) is 1.26. The molecule has 1 aromatic heterocycles. The van der Waals surface area contributed by atoms with Crippen LogP contribution in [0.3, 0.4) is 0 Å². The van der Waals surface area contributed by atoms with Gasteiger partial charge in [-0.3, -0.25) is 4.98 Å². The summed E-state index contributed by atoms with van der Waals surface area (Å²) in [6, 6.07) is 4.07. The highest BCUT2D eigenvalue weighted by Gasteiger charge is 1.91. The van der Waals surface area contributed by atoms with Crippen molar-refractivity contribution in [3.8, 4) is 0 Å². The minimum absolute atomic E-state index is 0.748. The molecule has 0 N–H and O–H groups in total. The molecule has 14 heavy (non-hydrogen) atoms. The Balaban J connectivity index is 2.39. The van der Waals surface area contributed by atoms with Crippen LogP contribution < -0.4 is 0 Å². The first-order chi connectivity index (χ1) is 6.83. The van der Waals surface area contributed by atoms with Crippen LogP contribution in [0.5, 0.6) is 0 Å². The van der Waals surface area contributed by atoms with Gasteiger partial charge in [0.05, 0.1) is 0 Å². The van der Waals surface area contributed by atoms with E-state index in [4.69, 9.17) is 11.6 Å². The number of pyridine rings is 1. The molecule has 0 aliphatic rings. The van der Waals surface area contributed by atoms with Gasteiger partial charge in [-0.15, -0.1) is 11.6 Å². The van der Waals surface area contributed by atoms with Crippen LogP contribution >= 0.6 is 11.6 Å². The highest BCUT2D eigenvalue weighted by Crippen LogP contribution is 2.07. The van der Waals surface area contributed by atoms with Crippen LogP contribution in [-0.2, 0) is 6.42 Å². The molecule has 0 aromatic carbocycles. The summed E-state index contributed by atoms with van der Waals surface area (Å²) in [5, 5.41) is 0. The molecule has 0 aliphatic heterocycles. The van der Waals surface area contributed by atoms with E-state index in [1.165, 1.54) is 11.1 Å². The van der Waals surface area contributed by atoms with Crippen LogP contribution in [0.2, 0.25) is 0 Å². The maximum atomic E-state index is 5.63. The molecule has 0 unspecified atom stereocenters. The normalized spacial score (nSPS) is 11.7. The van der Waals surface area contributed by atoms with Crippen LogP contribution in [-0.4, -0.2) is 10.9 Å². The Morgan fingerprint density at radius 1 is 1.57 bits per heavy atom. The molecule has 0 atom stereocenters. The lowest BCUT2D eigenvalue weighted by atomic mass is 10.1. The van der Waals surface area contributed by atoms with Crippen molar-refractivity contribution in [3.63, 3.8) is 0 Å². The Kier molecular flexibility index (Phi) is 5.31. The highest BCUT2D eigenvalue weighted by atomic mass is 35.5. The zero-order valence-electron chi connectivity index (χ0n) is 8.54. The summed E-state index contributed by atoms with van der Waals surface area (Å²) in [6.45, 7) is 2.16. The number of rotatable bonds is 5. The molecule has 0 saturated carbocycles. The second-order valence-corrected chi connectivity index (χ2v) is 3.79. The van der Waals surface area contributed by atoms with Gasteiger partial charge < -0.3 is 0 Å². The third-order valence-corrected chi connectivity index (χ3v) is 2.38. The van der Waals surface area contributed by atoms with Gasteiger partial charge in [0.25, 0.3) is 0 Å². The van der Waals surface area contributed by atoms with Gasteiger partial charge >= 0.3 is 0 Å². The number of alkyl halides is 1. The van der Waals surface area contributed by atoms with Crippen molar-refractivity contribution in [2.75, 3.05) is 5.88 Å². The van der Waals surface area contributed by atoms with E-state index < -0.39 is 0 Å². The van der Waals surface area contributed by atoms with E-state index >= 15 is 0 Å². The molecule has 1 heterocycles. The van der Waals surface area contributed by atoms with E-state index in [1.807, 2.05) is 12.3 Å². The molecule has 76 valence electrons. The number of aromatic nitrogens is 1. The Morgan fingerprint density at radius 3 is 3.07 bits per heavy atom. The maximum Gasteiger partial charge on any atom is 0.0303 e. The lowest BCUT2D eigenvalue weighted by Gasteiger charge is -1.99. The van der Waals surface area contributed by atoms with Crippen molar-refractivity contribution in [1.82, 2.24) is 4.98 Å². The van der Waals surface area contributed by atoms with Gasteiger partial charge in [0, 0.05) is 18.3 Å². The lowest BCUT2D eigenvalue weighted by molar-refractivity contribution is 0.904. The summed E-state index contributed by atoms with van der Waals surface area (Å²) >= 11 is 5.63. The maximum absolute atomic E-state index is 5.63. The zero-order valence-corrected chi connectivity index (χ0v) is 9.30. The fraction of sp³-hybridized carbons (Fsp3) is 0.417. The highest BCUT2D eigenvalue weighted by molar-refractivity contribution is 6.17. The van der Waals surface area contributed by atoms with Crippen molar-refractivity contribution >= 4 is 11.6 Å². The van der Waals surface area contributed by atoms with Crippen molar-refractivity contribution < 1.29 is 0 Å². The van der Waals surface area contributed by atoms with Gasteiger partial charge in [-0.2, -0.15) is 0 Å².